The van der Waals surface area contributed by atoms with E-state index in [0.29, 0.717) is 22.5 Å². The number of fused-ring (bicyclic) bond motifs is 1. The molecule has 3 aromatic rings. The van der Waals surface area contributed by atoms with Crippen molar-refractivity contribution in [3.63, 3.8) is 0 Å². The van der Waals surface area contributed by atoms with Gasteiger partial charge in [0.15, 0.2) is 11.5 Å². The van der Waals surface area contributed by atoms with E-state index in [9.17, 15) is 9.18 Å². The molecule has 0 aliphatic heterocycles. The van der Waals surface area contributed by atoms with E-state index in [0.717, 1.165) is 25.7 Å². The smallest absolute Gasteiger partial charge is 0.273 e. The first-order chi connectivity index (χ1) is 13.6. The Balaban J connectivity index is 1.37. The maximum absolute atomic E-state index is 13.7. The lowest BCUT2D eigenvalue weighted by Gasteiger charge is -2.29. The van der Waals surface area contributed by atoms with E-state index in [2.05, 4.69) is 20.3 Å². The van der Waals surface area contributed by atoms with Gasteiger partial charge in [0.25, 0.3) is 5.91 Å². The van der Waals surface area contributed by atoms with E-state index < -0.39 is 11.7 Å². The van der Waals surface area contributed by atoms with Gasteiger partial charge in [-0.05, 0) is 43.9 Å². The van der Waals surface area contributed by atoms with Crippen molar-refractivity contribution in [2.24, 2.45) is 0 Å². The lowest BCUT2D eigenvalue weighted by Crippen LogP contribution is -2.40. The van der Waals surface area contributed by atoms with Crippen LogP contribution in [0.25, 0.3) is 11.0 Å². The number of nitrogens with two attached hydrogens (primary N) is 1. The van der Waals surface area contributed by atoms with E-state index in [1.54, 1.807) is 24.5 Å². The number of nitrogens with one attached hydrogen (secondary N) is 1. The lowest BCUT2D eigenvalue weighted by molar-refractivity contribution is 0.0885. The van der Waals surface area contributed by atoms with Crippen LogP contribution in [0.4, 0.5) is 10.1 Å². The fourth-order valence-corrected chi connectivity index (χ4v) is 3.46. The van der Waals surface area contributed by atoms with Gasteiger partial charge in [-0.3, -0.25) is 9.78 Å². The second kappa shape index (κ2) is 7.75. The van der Waals surface area contributed by atoms with E-state index in [-0.39, 0.29) is 17.8 Å². The summed E-state index contributed by atoms with van der Waals surface area (Å²) < 4.78 is 19.8. The number of nitrogen functional groups attached to an aromatic ring is 1. The lowest BCUT2D eigenvalue weighted by atomic mass is 9.92. The first kappa shape index (κ1) is 18.1. The quantitative estimate of drug-likeness (QED) is 0.674. The van der Waals surface area contributed by atoms with Gasteiger partial charge in [0.1, 0.15) is 11.3 Å². The minimum atomic E-state index is -0.619. The molecular formula is C20H20FN5O2. The van der Waals surface area contributed by atoms with Crippen LogP contribution in [-0.2, 0) is 0 Å². The molecule has 1 saturated carbocycles. The Labute approximate surface area is 161 Å². The van der Waals surface area contributed by atoms with Crippen molar-refractivity contribution in [2.45, 2.75) is 37.8 Å². The van der Waals surface area contributed by atoms with Gasteiger partial charge in [-0.15, -0.1) is 0 Å². The molecule has 1 aliphatic carbocycles. The fourth-order valence-electron chi connectivity index (χ4n) is 3.46. The van der Waals surface area contributed by atoms with Gasteiger partial charge in [-0.25, -0.2) is 14.4 Å². The molecule has 3 N–H and O–H groups in total. The van der Waals surface area contributed by atoms with Crippen LogP contribution in [0, 0.1) is 5.82 Å². The average Bonchev–Trinajstić information content (AvgIpc) is 2.69. The van der Waals surface area contributed by atoms with Crippen LogP contribution < -0.4 is 15.8 Å². The number of carbonyl (C=O) groups excluding carboxylic acids is 1. The summed E-state index contributed by atoms with van der Waals surface area (Å²) in [6, 6.07) is 6.17. The summed E-state index contributed by atoms with van der Waals surface area (Å²) in [5.41, 5.74) is 7.71. The first-order valence-electron chi connectivity index (χ1n) is 9.18. The number of pyridine rings is 1. The summed E-state index contributed by atoms with van der Waals surface area (Å²) >= 11 is 0. The van der Waals surface area contributed by atoms with E-state index in [1.165, 1.54) is 18.3 Å². The van der Waals surface area contributed by atoms with Crippen molar-refractivity contribution in [1.82, 2.24) is 20.3 Å². The monoisotopic (exact) mass is 381 g/mol. The topological polar surface area (TPSA) is 103 Å². The van der Waals surface area contributed by atoms with E-state index in [1.807, 2.05) is 0 Å². The maximum Gasteiger partial charge on any atom is 0.273 e. The molecule has 0 unspecified atom stereocenters. The fraction of sp³-hybridized carbons (Fsp3) is 0.300. The zero-order valence-corrected chi connectivity index (χ0v) is 15.1. The van der Waals surface area contributed by atoms with Crippen molar-refractivity contribution in [3.05, 3.63) is 54.4 Å². The van der Waals surface area contributed by atoms with Crippen LogP contribution in [0.1, 0.15) is 36.2 Å². The predicted octanol–water partition coefficient (Wildman–Crippen LogP) is 2.87. The Kier molecular flexibility index (Phi) is 5.01. The molecule has 8 heteroatoms. The Morgan fingerprint density at radius 2 is 1.89 bits per heavy atom. The molecule has 2 aromatic heterocycles. The molecule has 2 heterocycles. The van der Waals surface area contributed by atoms with Gasteiger partial charge in [0, 0.05) is 36.4 Å². The molecule has 28 heavy (non-hydrogen) atoms. The number of benzene rings is 1. The molecule has 0 atom stereocenters. The Hall–Kier alpha value is -3.29. The van der Waals surface area contributed by atoms with Gasteiger partial charge in [0.05, 0.1) is 11.6 Å². The number of carbonyl (C=O) groups is 1. The molecule has 0 radical (unpaired) electrons. The summed E-state index contributed by atoms with van der Waals surface area (Å²) in [6.07, 6.45) is 7.61. The first-order valence-corrected chi connectivity index (χ1v) is 9.18. The molecule has 1 aliphatic rings. The highest BCUT2D eigenvalue weighted by Crippen LogP contribution is 2.30. The molecule has 4 rings (SSSR count). The Bertz CT molecular complexity index is 1000. The van der Waals surface area contributed by atoms with Gasteiger partial charge < -0.3 is 15.8 Å². The van der Waals surface area contributed by atoms with Gasteiger partial charge >= 0.3 is 0 Å². The van der Waals surface area contributed by atoms with Gasteiger partial charge in [-0.2, -0.15) is 0 Å². The van der Waals surface area contributed by atoms with Gasteiger partial charge in [-0.1, -0.05) is 0 Å². The number of amides is 1. The molecule has 0 bridgehead atoms. The number of anilines is 1. The number of halogens is 1. The molecule has 1 amide bonds. The third-order valence-electron chi connectivity index (χ3n) is 4.84. The van der Waals surface area contributed by atoms with E-state index >= 15 is 0 Å². The third-order valence-corrected chi connectivity index (χ3v) is 4.84. The second-order valence-corrected chi connectivity index (χ2v) is 6.84. The third kappa shape index (κ3) is 3.85. The number of aromatic nitrogens is 3. The summed E-state index contributed by atoms with van der Waals surface area (Å²) in [6.45, 7) is 0. The summed E-state index contributed by atoms with van der Waals surface area (Å²) in [5, 5.41) is 2.86. The zero-order chi connectivity index (χ0) is 19.5. The highest BCUT2D eigenvalue weighted by Gasteiger charge is 2.25. The minimum absolute atomic E-state index is 0.00764. The Morgan fingerprint density at radius 1 is 1.11 bits per heavy atom. The van der Waals surface area contributed by atoms with Crippen LogP contribution in [0.3, 0.4) is 0 Å². The molecular weight excluding hydrogens is 361 g/mol. The number of nitrogens with zero attached hydrogens (tertiary/aromatic N) is 3. The number of rotatable bonds is 4. The highest BCUT2D eigenvalue weighted by molar-refractivity contribution is 5.92. The van der Waals surface area contributed by atoms with Crippen molar-refractivity contribution in [2.75, 3.05) is 5.73 Å². The molecule has 7 nitrogen and oxygen atoms in total. The zero-order valence-electron chi connectivity index (χ0n) is 15.1. The standard InChI is InChI=1S/C20H20FN5O2/c21-15-2-1-7-24-18(15)20(27)26-13-3-5-14(6-4-13)28-17-11-12(22)10-16-19(17)25-9-8-23-16/h1-2,7-11,13-14H,3-6,22H2,(H,26,27). The minimum Gasteiger partial charge on any atom is -0.488 e. The Morgan fingerprint density at radius 3 is 2.68 bits per heavy atom. The number of hydrogen-bond acceptors (Lipinski definition) is 6. The maximum atomic E-state index is 13.7. The molecule has 144 valence electrons. The van der Waals surface area contributed by atoms with Crippen molar-refractivity contribution < 1.29 is 13.9 Å². The van der Waals surface area contributed by atoms with Crippen LogP contribution in [0.15, 0.2) is 42.9 Å². The molecule has 1 aromatic carbocycles. The number of hydrogen-bond donors (Lipinski definition) is 2. The summed E-state index contributed by atoms with van der Waals surface area (Å²) in [5.74, 6) is -0.489. The second-order valence-electron chi connectivity index (χ2n) is 6.84. The van der Waals surface area contributed by atoms with Crippen molar-refractivity contribution in [3.8, 4) is 5.75 Å². The number of ether oxygens (including phenoxy) is 1. The van der Waals surface area contributed by atoms with Crippen molar-refractivity contribution >= 4 is 22.6 Å². The SMILES string of the molecule is Nc1cc(OC2CCC(NC(=O)c3ncccc3F)CC2)c2nccnc2c1. The van der Waals surface area contributed by atoms with Crippen LogP contribution in [-0.4, -0.2) is 33.0 Å². The summed E-state index contributed by atoms with van der Waals surface area (Å²) in [4.78, 5) is 24.6. The predicted molar refractivity (Wildman–Crippen MR) is 102 cm³/mol. The largest absolute Gasteiger partial charge is 0.488 e. The van der Waals surface area contributed by atoms with Gasteiger partial charge in [0.2, 0.25) is 0 Å². The van der Waals surface area contributed by atoms with Crippen LogP contribution in [0.2, 0.25) is 0 Å². The average molecular weight is 381 g/mol. The van der Waals surface area contributed by atoms with E-state index in [4.69, 9.17) is 10.5 Å². The normalized spacial score (nSPS) is 19.3. The summed E-state index contributed by atoms with van der Waals surface area (Å²) in [7, 11) is 0. The van der Waals surface area contributed by atoms with Crippen molar-refractivity contribution in [1.29, 1.82) is 0 Å². The molecule has 1 fully saturated rings. The van der Waals surface area contributed by atoms with Crippen LogP contribution >= 0.6 is 0 Å². The van der Waals surface area contributed by atoms with Crippen LogP contribution in [0.5, 0.6) is 5.75 Å². The highest BCUT2D eigenvalue weighted by atomic mass is 19.1. The molecule has 0 saturated heterocycles. The molecule has 0 spiro atoms.